The van der Waals surface area contributed by atoms with Crippen LogP contribution in [-0.4, -0.2) is 90.9 Å². The smallest absolute Gasteiger partial charge is 0.240 e. The van der Waals surface area contributed by atoms with Gasteiger partial charge in [0.05, 0.1) is 45.6 Å². The van der Waals surface area contributed by atoms with E-state index in [2.05, 4.69) is 20.4 Å². The molecule has 44 heavy (non-hydrogen) atoms. The molecule has 12 heteroatoms. The maximum Gasteiger partial charge on any atom is 0.240 e. The van der Waals surface area contributed by atoms with Crippen molar-refractivity contribution in [3.05, 3.63) is 65.3 Å². The van der Waals surface area contributed by atoms with E-state index in [-0.39, 0.29) is 42.8 Å². The van der Waals surface area contributed by atoms with E-state index in [1.54, 1.807) is 19.1 Å². The molecule has 1 aromatic heterocycles. The van der Waals surface area contributed by atoms with Crippen LogP contribution in [0.4, 0.5) is 0 Å². The summed E-state index contributed by atoms with van der Waals surface area (Å²) in [7, 11) is 3.17. The molecule has 0 unspecified atom stereocenters. The van der Waals surface area contributed by atoms with Crippen LogP contribution in [0.3, 0.4) is 0 Å². The number of hydrogen-bond donors (Lipinski definition) is 1. The van der Waals surface area contributed by atoms with Crippen LogP contribution >= 0.6 is 0 Å². The van der Waals surface area contributed by atoms with E-state index in [1.807, 2.05) is 56.3 Å². The molecule has 0 radical (unpaired) electrons. The summed E-state index contributed by atoms with van der Waals surface area (Å²) < 4.78 is 28.9. The Morgan fingerprint density at radius 2 is 1.93 bits per heavy atom. The zero-order valence-corrected chi connectivity index (χ0v) is 25.8. The fourth-order valence-electron chi connectivity index (χ4n) is 5.36. The Hall–Kier alpha value is -4.00. The number of nitrogens with zero attached hydrogens (tertiary/aromatic N) is 4. The first-order valence-electron chi connectivity index (χ1n) is 15.0. The maximum atomic E-state index is 13.3. The van der Waals surface area contributed by atoms with E-state index >= 15 is 0 Å². The van der Waals surface area contributed by atoms with Crippen LogP contribution in [0, 0.1) is 0 Å². The van der Waals surface area contributed by atoms with Gasteiger partial charge in [0.1, 0.15) is 5.75 Å². The van der Waals surface area contributed by atoms with E-state index in [0.717, 1.165) is 11.1 Å². The Morgan fingerprint density at radius 3 is 2.70 bits per heavy atom. The van der Waals surface area contributed by atoms with Crippen LogP contribution in [0.5, 0.6) is 17.2 Å². The molecule has 1 saturated heterocycles. The van der Waals surface area contributed by atoms with E-state index in [9.17, 15) is 9.59 Å². The Morgan fingerprint density at radius 1 is 1.07 bits per heavy atom. The van der Waals surface area contributed by atoms with Crippen molar-refractivity contribution in [1.29, 1.82) is 0 Å². The van der Waals surface area contributed by atoms with Gasteiger partial charge in [0.2, 0.25) is 17.7 Å². The van der Waals surface area contributed by atoms with E-state index < -0.39 is 0 Å². The second-order valence-corrected chi connectivity index (χ2v) is 11.5. The van der Waals surface area contributed by atoms with Crippen molar-refractivity contribution in [2.75, 3.05) is 47.0 Å². The summed E-state index contributed by atoms with van der Waals surface area (Å²) in [5.41, 5.74) is 1.85. The molecule has 2 aliphatic rings. The quantitative estimate of drug-likeness (QED) is 0.427. The Labute approximate surface area is 257 Å². The molecule has 1 fully saturated rings. The molecule has 0 spiro atoms. The highest BCUT2D eigenvalue weighted by molar-refractivity contribution is 5.85. The molecule has 2 amide bonds. The minimum absolute atomic E-state index is 0.0775. The van der Waals surface area contributed by atoms with Crippen molar-refractivity contribution in [3.8, 4) is 17.2 Å². The van der Waals surface area contributed by atoms with Crippen LogP contribution in [0.15, 0.2) is 47.0 Å². The van der Waals surface area contributed by atoms with Gasteiger partial charge in [0.25, 0.3) is 0 Å². The van der Waals surface area contributed by atoms with Crippen LogP contribution in [0.2, 0.25) is 0 Å². The van der Waals surface area contributed by atoms with E-state index in [0.29, 0.717) is 74.8 Å². The van der Waals surface area contributed by atoms with Gasteiger partial charge in [-0.15, -0.1) is 0 Å². The van der Waals surface area contributed by atoms with Gasteiger partial charge in [-0.2, -0.15) is 4.98 Å². The Kier molecular flexibility index (Phi) is 10.5. The number of amides is 2. The highest BCUT2D eigenvalue weighted by Gasteiger charge is 2.36. The first-order valence-corrected chi connectivity index (χ1v) is 15.0. The normalized spacial score (nSPS) is 20.1. The molecule has 0 saturated carbocycles. The molecule has 12 nitrogen and oxygen atoms in total. The van der Waals surface area contributed by atoms with Crippen molar-refractivity contribution < 1.29 is 33.1 Å². The zero-order chi connectivity index (χ0) is 31.1. The van der Waals surface area contributed by atoms with Crippen LogP contribution in [-0.2, 0) is 38.6 Å². The van der Waals surface area contributed by atoms with Crippen LogP contribution in [0.1, 0.15) is 49.0 Å². The number of hydrogen-bond acceptors (Lipinski definition) is 10. The van der Waals surface area contributed by atoms with Crippen molar-refractivity contribution in [2.45, 2.75) is 57.9 Å². The highest BCUT2D eigenvalue weighted by Crippen LogP contribution is 2.33. The Bertz CT molecular complexity index is 1430. The third-order valence-corrected chi connectivity index (χ3v) is 7.75. The lowest BCUT2D eigenvalue weighted by molar-refractivity contribution is -0.137. The van der Waals surface area contributed by atoms with Crippen molar-refractivity contribution >= 4 is 11.8 Å². The van der Waals surface area contributed by atoms with Crippen LogP contribution < -0.4 is 14.8 Å². The molecule has 2 aromatic carbocycles. The van der Waals surface area contributed by atoms with Crippen molar-refractivity contribution in [3.63, 3.8) is 0 Å². The lowest BCUT2D eigenvalue weighted by atomic mass is 10.1. The van der Waals surface area contributed by atoms with E-state index in [1.165, 1.54) is 0 Å². The molecule has 5 rings (SSSR count). The lowest BCUT2D eigenvalue weighted by Gasteiger charge is -2.25. The molecule has 236 valence electrons. The predicted octanol–water partition coefficient (Wildman–Crippen LogP) is 3.30. The minimum Gasteiger partial charge on any atom is -0.493 e. The maximum absolute atomic E-state index is 13.3. The number of carbonyl (C=O) groups excluding carboxylic acids is 2. The third-order valence-electron chi connectivity index (χ3n) is 7.75. The van der Waals surface area contributed by atoms with Crippen molar-refractivity contribution in [2.24, 2.45) is 0 Å². The number of likely N-dealkylation sites (tertiary alicyclic amines) is 1. The molecule has 2 aliphatic heterocycles. The predicted molar refractivity (Wildman–Crippen MR) is 160 cm³/mol. The first-order chi connectivity index (χ1) is 21.3. The van der Waals surface area contributed by atoms with Crippen LogP contribution in [0.25, 0.3) is 0 Å². The largest absolute Gasteiger partial charge is 0.493 e. The van der Waals surface area contributed by atoms with Gasteiger partial charge in [-0.1, -0.05) is 37.2 Å². The highest BCUT2D eigenvalue weighted by atomic mass is 16.5. The third kappa shape index (κ3) is 8.13. The van der Waals surface area contributed by atoms with Gasteiger partial charge >= 0.3 is 0 Å². The number of rotatable bonds is 7. The minimum atomic E-state index is -0.310. The summed E-state index contributed by atoms with van der Waals surface area (Å²) in [6.45, 7) is 6.41. The molecule has 0 aliphatic carbocycles. The number of fused-ring (bicyclic) bond motifs is 5. The monoisotopic (exact) mass is 607 g/mol. The lowest BCUT2D eigenvalue weighted by Crippen LogP contribution is -2.49. The number of carbonyl (C=O) groups is 2. The second kappa shape index (κ2) is 14.7. The summed E-state index contributed by atoms with van der Waals surface area (Å²) in [5.74, 6) is 2.73. The molecule has 2 atom stereocenters. The van der Waals surface area contributed by atoms with Gasteiger partial charge < -0.3 is 33.7 Å². The number of benzene rings is 2. The molecule has 3 heterocycles. The summed E-state index contributed by atoms with van der Waals surface area (Å²) in [5, 5.41) is 7.20. The SMILES string of the molecule is COCCN1CC(=O)N[C@H]2CN(Cc3nc(C(C)C)no3)C[C@@H]2OCc2cccc(c2)Oc2cc(ccc2OC)CCC1=O. The number of methoxy groups -OCH3 is 2. The fraction of sp³-hybridized carbons (Fsp3) is 0.500. The first kappa shape index (κ1) is 31.4. The average Bonchev–Trinajstić information content (AvgIpc) is 3.63. The zero-order valence-electron chi connectivity index (χ0n) is 25.8. The summed E-state index contributed by atoms with van der Waals surface area (Å²) >= 11 is 0. The van der Waals surface area contributed by atoms with Gasteiger partial charge in [-0.3, -0.25) is 14.5 Å². The van der Waals surface area contributed by atoms with E-state index in [4.69, 9.17) is 23.5 Å². The average molecular weight is 608 g/mol. The molecular formula is C32H41N5O7. The molecular weight excluding hydrogens is 566 g/mol. The van der Waals surface area contributed by atoms with Gasteiger partial charge in [-0.05, 0) is 41.8 Å². The summed E-state index contributed by atoms with van der Waals surface area (Å²) in [6, 6.07) is 13.0. The molecule has 3 aromatic rings. The number of aromatic nitrogens is 2. The number of nitrogens with one attached hydrogen (secondary N) is 1. The van der Waals surface area contributed by atoms with Gasteiger partial charge in [0, 0.05) is 39.1 Å². The van der Waals surface area contributed by atoms with Crippen molar-refractivity contribution in [1.82, 2.24) is 25.3 Å². The molecule has 4 bridgehead atoms. The standard InChI is InChI=1S/C32H41N5O7/c1-21(2)32-34-30(44-35-32)19-36-16-25-28(17-36)42-20-23-6-5-7-24(14-23)43-27-15-22(8-10-26(27)41-4)9-11-31(39)37(12-13-40-3)18-29(38)33-25/h5-8,10,14-15,21,25,28H,9,11-13,16-20H2,1-4H3,(H,33,38)/t25-,28-/m0/s1. The summed E-state index contributed by atoms with van der Waals surface area (Å²) in [4.78, 5) is 34.8. The van der Waals surface area contributed by atoms with Gasteiger partial charge in [-0.25, -0.2) is 0 Å². The van der Waals surface area contributed by atoms with Gasteiger partial charge in [0.15, 0.2) is 17.3 Å². The topological polar surface area (TPSA) is 128 Å². The number of aryl methyl sites for hydroxylation is 1. The summed E-state index contributed by atoms with van der Waals surface area (Å²) in [6.07, 6.45) is 0.394. The fourth-order valence-corrected chi connectivity index (χ4v) is 5.36. The molecule has 1 N–H and O–H groups in total. The Balaban J connectivity index is 1.39. The number of ether oxygens (including phenoxy) is 4. The second-order valence-electron chi connectivity index (χ2n) is 11.5.